The average Bonchev–Trinajstić information content (AvgIpc) is 3.25. The fraction of sp³-hybridized carbons (Fsp3) is 0.500. The van der Waals surface area contributed by atoms with Crippen molar-refractivity contribution in [3.05, 3.63) is 29.3 Å². The van der Waals surface area contributed by atoms with Crippen LogP contribution < -0.4 is 10.2 Å². The lowest BCUT2D eigenvalue weighted by molar-refractivity contribution is -0.119. The van der Waals surface area contributed by atoms with Gasteiger partial charge < -0.3 is 15.0 Å². The normalized spacial score (nSPS) is 16.7. The summed E-state index contributed by atoms with van der Waals surface area (Å²) in [5.74, 6) is 0.324. The van der Waals surface area contributed by atoms with E-state index in [0.29, 0.717) is 25.3 Å². The molecule has 0 bridgehead atoms. The quantitative estimate of drug-likeness (QED) is 0.832. The topological polar surface area (TPSA) is 58.6 Å². The van der Waals surface area contributed by atoms with Gasteiger partial charge >= 0.3 is 0 Å². The van der Waals surface area contributed by atoms with E-state index < -0.39 is 0 Å². The second kappa shape index (κ2) is 5.85. The van der Waals surface area contributed by atoms with Crippen molar-refractivity contribution in [3.63, 3.8) is 0 Å². The highest BCUT2D eigenvalue weighted by Crippen LogP contribution is 2.37. The molecule has 0 unspecified atom stereocenters. The number of nitrogens with one attached hydrogen (secondary N) is 1. The largest absolute Gasteiger partial charge is 0.383 e. The molecule has 112 valence electrons. The molecular weight excluding hydrogens is 268 g/mol. The fourth-order valence-electron chi connectivity index (χ4n) is 2.79. The molecule has 0 atom stereocenters. The average molecular weight is 288 g/mol. The Hall–Kier alpha value is -1.88. The molecule has 0 spiro atoms. The van der Waals surface area contributed by atoms with Crippen LogP contribution in [0.15, 0.2) is 18.2 Å². The van der Waals surface area contributed by atoms with Crippen molar-refractivity contribution >= 4 is 17.5 Å². The maximum Gasteiger partial charge on any atom is 0.251 e. The molecular formula is C16H20N2O3. The van der Waals surface area contributed by atoms with E-state index >= 15 is 0 Å². The third kappa shape index (κ3) is 2.78. The number of fused-ring (bicyclic) bond motifs is 1. The number of rotatable bonds is 5. The number of carbonyl (C=O) groups excluding carboxylic acids is 2. The summed E-state index contributed by atoms with van der Waals surface area (Å²) >= 11 is 0. The van der Waals surface area contributed by atoms with E-state index in [1.54, 1.807) is 7.11 Å². The van der Waals surface area contributed by atoms with Gasteiger partial charge in [-0.1, -0.05) is 6.07 Å². The highest BCUT2D eigenvalue weighted by Gasteiger charge is 2.37. The van der Waals surface area contributed by atoms with Gasteiger partial charge in [0.1, 0.15) is 0 Å². The van der Waals surface area contributed by atoms with Gasteiger partial charge in [0, 0.05) is 37.4 Å². The Bertz CT molecular complexity index is 567. The molecule has 2 aliphatic rings. The second-order valence-corrected chi connectivity index (χ2v) is 5.57. The molecule has 1 fully saturated rings. The number of hydrogen-bond donors (Lipinski definition) is 1. The number of hydrogen-bond acceptors (Lipinski definition) is 3. The third-order valence-electron chi connectivity index (χ3n) is 4.06. The summed E-state index contributed by atoms with van der Waals surface area (Å²) in [5, 5.41) is 2.84. The third-order valence-corrected chi connectivity index (χ3v) is 4.06. The Kier molecular flexibility index (Phi) is 3.92. The summed E-state index contributed by atoms with van der Waals surface area (Å²) in [6, 6.07) is 5.61. The van der Waals surface area contributed by atoms with Crippen molar-refractivity contribution in [2.45, 2.75) is 19.3 Å². The molecule has 0 saturated heterocycles. The van der Waals surface area contributed by atoms with Crippen LogP contribution in [0.3, 0.4) is 0 Å². The van der Waals surface area contributed by atoms with Crippen molar-refractivity contribution in [2.75, 3.05) is 31.7 Å². The van der Waals surface area contributed by atoms with Gasteiger partial charge in [-0.15, -0.1) is 0 Å². The Labute approximate surface area is 124 Å². The minimum atomic E-state index is -0.0929. The first kappa shape index (κ1) is 14.1. The monoisotopic (exact) mass is 288 g/mol. The van der Waals surface area contributed by atoms with Crippen LogP contribution in [-0.2, 0) is 16.0 Å². The van der Waals surface area contributed by atoms with Gasteiger partial charge in [-0.2, -0.15) is 0 Å². The molecule has 0 aromatic heterocycles. The molecule has 0 radical (unpaired) electrons. The fourth-order valence-corrected chi connectivity index (χ4v) is 2.79. The molecule has 3 rings (SSSR count). The Balaban J connectivity index is 1.78. The summed E-state index contributed by atoms with van der Waals surface area (Å²) in [7, 11) is 1.60. The van der Waals surface area contributed by atoms with Gasteiger partial charge in [-0.05, 0) is 37.0 Å². The zero-order valence-electron chi connectivity index (χ0n) is 12.2. The predicted octanol–water partition coefficient (Wildman–Crippen LogP) is 1.36. The minimum Gasteiger partial charge on any atom is -0.383 e. The first-order chi connectivity index (χ1) is 10.2. The van der Waals surface area contributed by atoms with Gasteiger partial charge in [-0.3, -0.25) is 9.59 Å². The SMILES string of the molecule is COCCNC(=O)c1cccc2c1CCN2C(=O)C1CC1. The van der Waals surface area contributed by atoms with Crippen LogP contribution in [0.4, 0.5) is 5.69 Å². The van der Waals surface area contributed by atoms with E-state index in [1.807, 2.05) is 23.1 Å². The van der Waals surface area contributed by atoms with Crippen LogP contribution in [0.5, 0.6) is 0 Å². The zero-order chi connectivity index (χ0) is 14.8. The zero-order valence-corrected chi connectivity index (χ0v) is 12.2. The summed E-state index contributed by atoms with van der Waals surface area (Å²) in [5.41, 5.74) is 2.57. The highest BCUT2D eigenvalue weighted by atomic mass is 16.5. The number of amides is 2. The number of anilines is 1. The van der Waals surface area contributed by atoms with Gasteiger partial charge in [-0.25, -0.2) is 0 Å². The molecule has 5 nitrogen and oxygen atoms in total. The Morgan fingerprint density at radius 3 is 2.90 bits per heavy atom. The van der Waals surface area contributed by atoms with E-state index in [9.17, 15) is 9.59 Å². The van der Waals surface area contributed by atoms with E-state index in [-0.39, 0.29) is 17.7 Å². The van der Waals surface area contributed by atoms with Gasteiger partial charge in [0.05, 0.1) is 6.61 Å². The molecule has 5 heteroatoms. The smallest absolute Gasteiger partial charge is 0.251 e. The molecule has 1 aromatic rings. The van der Waals surface area contributed by atoms with Crippen molar-refractivity contribution in [2.24, 2.45) is 5.92 Å². The minimum absolute atomic E-state index is 0.0929. The standard InChI is InChI=1S/C16H20N2O3/c1-21-10-8-17-15(19)13-3-2-4-14-12(13)7-9-18(14)16(20)11-5-6-11/h2-4,11H,5-10H2,1H3,(H,17,19). The number of benzene rings is 1. The molecule has 1 N–H and O–H groups in total. The van der Waals surface area contributed by atoms with Crippen molar-refractivity contribution < 1.29 is 14.3 Å². The molecule has 1 aliphatic carbocycles. The maximum absolute atomic E-state index is 12.3. The number of nitrogens with zero attached hydrogens (tertiary/aromatic N) is 1. The first-order valence-corrected chi connectivity index (χ1v) is 7.42. The highest BCUT2D eigenvalue weighted by molar-refractivity contribution is 6.02. The molecule has 1 aliphatic heterocycles. The first-order valence-electron chi connectivity index (χ1n) is 7.42. The van der Waals surface area contributed by atoms with E-state index in [1.165, 1.54) is 0 Å². The summed E-state index contributed by atoms with van der Waals surface area (Å²) < 4.78 is 4.93. The van der Waals surface area contributed by atoms with Crippen LogP contribution in [0, 0.1) is 5.92 Å². The molecule has 1 heterocycles. The number of ether oxygens (including phenoxy) is 1. The molecule has 21 heavy (non-hydrogen) atoms. The Morgan fingerprint density at radius 2 is 2.19 bits per heavy atom. The van der Waals surface area contributed by atoms with Crippen molar-refractivity contribution in [1.29, 1.82) is 0 Å². The molecule has 1 aromatic carbocycles. The number of carbonyl (C=O) groups is 2. The summed E-state index contributed by atoms with van der Waals surface area (Å²) in [4.78, 5) is 26.3. The predicted molar refractivity (Wildman–Crippen MR) is 79.4 cm³/mol. The van der Waals surface area contributed by atoms with E-state index in [2.05, 4.69) is 5.32 Å². The summed E-state index contributed by atoms with van der Waals surface area (Å²) in [6.45, 7) is 1.67. The van der Waals surface area contributed by atoms with Crippen LogP contribution in [0.2, 0.25) is 0 Å². The van der Waals surface area contributed by atoms with Crippen molar-refractivity contribution in [1.82, 2.24) is 5.32 Å². The lowest BCUT2D eigenvalue weighted by atomic mass is 10.0. The second-order valence-electron chi connectivity index (χ2n) is 5.57. The lowest BCUT2D eigenvalue weighted by Crippen LogP contribution is -2.30. The summed E-state index contributed by atoms with van der Waals surface area (Å²) in [6.07, 6.45) is 2.76. The Morgan fingerprint density at radius 1 is 1.38 bits per heavy atom. The molecule has 1 saturated carbocycles. The van der Waals surface area contributed by atoms with Gasteiger partial charge in [0.2, 0.25) is 5.91 Å². The van der Waals surface area contributed by atoms with Gasteiger partial charge in [0.15, 0.2) is 0 Å². The lowest BCUT2D eigenvalue weighted by Gasteiger charge is -2.17. The van der Waals surface area contributed by atoms with Crippen molar-refractivity contribution in [3.8, 4) is 0 Å². The van der Waals surface area contributed by atoms with E-state index in [0.717, 1.165) is 30.5 Å². The van der Waals surface area contributed by atoms with Crippen LogP contribution >= 0.6 is 0 Å². The van der Waals surface area contributed by atoms with Gasteiger partial charge in [0.25, 0.3) is 5.91 Å². The van der Waals surface area contributed by atoms with Crippen LogP contribution in [0.1, 0.15) is 28.8 Å². The van der Waals surface area contributed by atoms with E-state index in [4.69, 9.17) is 4.74 Å². The maximum atomic E-state index is 12.3. The number of methoxy groups -OCH3 is 1. The van der Waals surface area contributed by atoms with Crippen LogP contribution in [-0.4, -0.2) is 38.6 Å². The molecule has 2 amide bonds. The van der Waals surface area contributed by atoms with Crippen LogP contribution in [0.25, 0.3) is 0 Å².